The fraction of sp³-hybridized carbons (Fsp3) is 0.167. The van der Waals surface area contributed by atoms with E-state index in [1.54, 1.807) is 19.1 Å². The van der Waals surface area contributed by atoms with Gasteiger partial charge in [0.25, 0.3) is 0 Å². The van der Waals surface area contributed by atoms with Gasteiger partial charge in [-0.15, -0.1) is 0 Å². The van der Waals surface area contributed by atoms with Gasteiger partial charge in [0.2, 0.25) is 0 Å². The van der Waals surface area contributed by atoms with Crippen LogP contribution in [0.4, 0.5) is 21.7 Å². The highest BCUT2D eigenvalue weighted by molar-refractivity contribution is 5.64. The van der Waals surface area contributed by atoms with Crippen molar-refractivity contribution in [2.24, 2.45) is 5.84 Å². The van der Waals surface area contributed by atoms with Gasteiger partial charge in [-0.05, 0) is 32.0 Å². The van der Waals surface area contributed by atoms with Crippen LogP contribution in [0.3, 0.4) is 0 Å². The van der Waals surface area contributed by atoms with Crippen molar-refractivity contribution in [3.05, 3.63) is 41.5 Å². The highest BCUT2D eigenvalue weighted by Crippen LogP contribution is 2.23. The maximum absolute atomic E-state index is 13.1. The molecule has 0 spiro atoms. The van der Waals surface area contributed by atoms with Gasteiger partial charge in [0.15, 0.2) is 0 Å². The van der Waals surface area contributed by atoms with Gasteiger partial charge >= 0.3 is 0 Å². The average molecular weight is 247 g/mol. The van der Waals surface area contributed by atoms with Gasteiger partial charge in [0.05, 0.1) is 0 Å². The lowest BCUT2D eigenvalue weighted by Gasteiger charge is -2.12. The zero-order valence-electron chi connectivity index (χ0n) is 10.2. The number of rotatable bonds is 3. The van der Waals surface area contributed by atoms with Gasteiger partial charge in [-0.1, -0.05) is 6.07 Å². The molecule has 1 aromatic heterocycles. The summed E-state index contributed by atoms with van der Waals surface area (Å²) in [5, 5.41) is 3.04. The first-order valence-corrected chi connectivity index (χ1v) is 5.44. The molecule has 4 N–H and O–H groups in total. The van der Waals surface area contributed by atoms with E-state index in [0.717, 1.165) is 5.56 Å². The Balaban J connectivity index is 2.37. The summed E-state index contributed by atoms with van der Waals surface area (Å²) in [6.07, 6.45) is 0. The topological polar surface area (TPSA) is 75.9 Å². The summed E-state index contributed by atoms with van der Waals surface area (Å²) in [5.41, 5.74) is 3.90. The Bertz CT molecular complexity index is 570. The van der Waals surface area contributed by atoms with E-state index in [9.17, 15) is 4.39 Å². The summed E-state index contributed by atoms with van der Waals surface area (Å²) in [6, 6.07) is 6.17. The number of nitrogens with zero attached hydrogens (tertiary/aromatic N) is 2. The predicted molar refractivity (Wildman–Crippen MR) is 69.0 cm³/mol. The second kappa shape index (κ2) is 4.97. The van der Waals surface area contributed by atoms with E-state index < -0.39 is 0 Å². The number of hydrazine groups is 1. The molecule has 0 saturated heterocycles. The lowest BCUT2D eigenvalue weighted by molar-refractivity contribution is 0.628. The van der Waals surface area contributed by atoms with Gasteiger partial charge in [0.1, 0.15) is 23.3 Å². The first-order chi connectivity index (χ1) is 8.60. The number of aromatic nitrogens is 2. The molecule has 1 aromatic carbocycles. The van der Waals surface area contributed by atoms with Crippen molar-refractivity contribution in [2.45, 2.75) is 13.8 Å². The third-order valence-electron chi connectivity index (χ3n) is 2.48. The first-order valence-electron chi connectivity index (χ1n) is 5.44. The van der Waals surface area contributed by atoms with Crippen molar-refractivity contribution in [1.82, 2.24) is 9.97 Å². The molecule has 0 bridgehead atoms. The van der Waals surface area contributed by atoms with Crippen LogP contribution in [0, 0.1) is 19.7 Å². The van der Waals surface area contributed by atoms with Crippen molar-refractivity contribution in [3.63, 3.8) is 0 Å². The molecule has 2 aromatic rings. The molecule has 0 aliphatic heterocycles. The fourth-order valence-electron chi connectivity index (χ4n) is 1.59. The molecule has 5 nitrogen and oxygen atoms in total. The minimum absolute atomic E-state index is 0.305. The molecule has 0 aliphatic rings. The van der Waals surface area contributed by atoms with Crippen LogP contribution in [-0.4, -0.2) is 9.97 Å². The van der Waals surface area contributed by atoms with E-state index >= 15 is 0 Å². The van der Waals surface area contributed by atoms with Crippen LogP contribution in [0.15, 0.2) is 24.3 Å². The van der Waals surface area contributed by atoms with Crippen LogP contribution in [0.25, 0.3) is 0 Å². The number of nitrogens with two attached hydrogens (primary N) is 1. The number of hydrogen-bond acceptors (Lipinski definition) is 5. The number of halogens is 1. The zero-order valence-corrected chi connectivity index (χ0v) is 10.2. The lowest BCUT2D eigenvalue weighted by Crippen LogP contribution is -2.13. The van der Waals surface area contributed by atoms with E-state index in [2.05, 4.69) is 20.7 Å². The Morgan fingerprint density at radius 1 is 1.17 bits per heavy atom. The van der Waals surface area contributed by atoms with Gasteiger partial charge in [0, 0.05) is 11.3 Å². The van der Waals surface area contributed by atoms with Crippen molar-refractivity contribution in [1.29, 1.82) is 0 Å². The van der Waals surface area contributed by atoms with Crippen molar-refractivity contribution in [2.75, 3.05) is 10.7 Å². The molecule has 1 heterocycles. The van der Waals surface area contributed by atoms with Crippen LogP contribution in [0.2, 0.25) is 0 Å². The second-order valence-electron chi connectivity index (χ2n) is 3.87. The normalized spacial score (nSPS) is 10.2. The van der Waals surface area contributed by atoms with Crippen molar-refractivity contribution >= 4 is 17.3 Å². The van der Waals surface area contributed by atoms with Crippen LogP contribution >= 0.6 is 0 Å². The average Bonchev–Trinajstić information content (AvgIpc) is 2.33. The Morgan fingerprint density at radius 2 is 1.89 bits per heavy atom. The highest BCUT2D eigenvalue weighted by Gasteiger charge is 2.08. The molecule has 0 saturated carbocycles. The van der Waals surface area contributed by atoms with E-state index in [1.165, 1.54) is 12.1 Å². The molecule has 2 rings (SSSR count). The third-order valence-corrected chi connectivity index (χ3v) is 2.48. The molecule has 0 amide bonds. The van der Waals surface area contributed by atoms with Gasteiger partial charge in [-0.25, -0.2) is 20.2 Å². The van der Waals surface area contributed by atoms with Crippen molar-refractivity contribution < 1.29 is 4.39 Å². The number of nitrogen functional groups attached to an aromatic ring is 1. The molecule has 94 valence electrons. The number of aryl methyl sites for hydroxylation is 1. The Hall–Kier alpha value is -2.21. The first kappa shape index (κ1) is 12.3. The SMILES string of the molecule is Cc1nc(NN)c(C)c(Nc2cccc(F)c2)n1. The lowest BCUT2D eigenvalue weighted by atomic mass is 10.2. The minimum Gasteiger partial charge on any atom is -0.340 e. The standard InChI is InChI=1S/C12H14FN5/c1-7-11(15-8(2)16-12(7)18-14)17-10-5-3-4-9(13)6-10/h3-6H,14H2,1-2H3,(H2,15,16,17,18). The van der Waals surface area contributed by atoms with Crippen LogP contribution in [-0.2, 0) is 0 Å². The fourth-order valence-corrected chi connectivity index (χ4v) is 1.59. The summed E-state index contributed by atoms with van der Waals surface area (Å²) < 4.78 is 13.1. The number of anilines is 3. The summed E-state index contributed by atoms with van der Waals surface area (Å²) in [7, 11) is 0. The molecule has 18 heavy (non-hydrogen) atoms. The molecular formula is C12H14FN5. The largest absolute Gasteiger partial charge is 0.340 e. The van der Waals surface area contributed by atoms with Gasteiger partial charge < -0.3 is 10.7 Å². The van der Waals surface area contributed by atoms with E-state index in [4.69, 9.17) is 5.84 Å². The zero-order chi connectivity index (χ0) is 13.1. The third kappa shape index (κ3) is 2.54. The van der Waals surface area contributed by atoms with Crippen LogP contribution in [0.1, 0.15) is 11.4 Å². The van der Waals surface area contributed by atoms with Crippen molar-refractivity contribution in [3.8, 4) is 0 Å². The molecule has 6 heteroatoms. The molecule has 0 unspecified atom stereocenters. The molecule has 0 aliphatic carbocycles. The van der Waals surface area contributed by atoms with Crippen LogP contribution in [0.5, 0.6) is 0 Å². The number of nitrogens with one attached hydrogen (secondary N) is 2. The molecule has 0 atom stereocenters. The summed E-state index contributed by atoms with van der Waals surface area (Å²) in [4.78, 5) is 8.42. The second-order valence-corrected chi connectivity index (χ2v) is 3.87. The predicted octanol–water partition coefficient (Wildman–Crippen LogP) is 2.26. The summed E-state index contributed by atoms with van der Waals surface area (Å²) >= 11 is 0. The smallest absolute Gasteiger partial charge is 0.148 e. The van der Waals surface area contributed by atoms with E-state index in [0.29, 0.717) is 23.1 Å². The Labute approximate surface area is 104 Å². The highest BCUT2D eigenvalue weighted by atomic mass is 19.1. The summed E-state index contributed by atoms with van der Waals surface area (Å²) in [6.45, 7) is 3.59. The van der Waals surface area contributed by atoms with E-state index in [1.807, 2.05) is 6.92 Å². The minimum atomic E-state index is -0.305. The summed E-state index contributed by atoms with van der Waals surface area (Å²) in [5.74, 6) is 6.79. The maximum Gasteiger partial charge on any atom is 0.148 e. The molecule has 0 radical (unpaired) electrons. The van der Waals surface area contributed by atoms with Gasteiger partial charge in [-0.3, -0.25) is 0 Å². The number of hydrogen-bond donors (Lipinski definition) is 3. The monoisotopic (exact) mass is 247 g/mol. The maximum atomic E-state index is 13.1. The van der Waals surface area contributed by atoms with Gasteiger partial charge in [-0.2, -0.15) is 0 Å². The quantitative estimate of drug-likeness (QED) is 0.573. The Kier molecular flexibility index (Phi) is 3.38. The molecular weight excluding hydrogens is 233 g/mol. The number of benzene rings is 1. The molecule has 0 fully saturated rings. The van der Waals surface area contributed by atoms with Crippen LogP contribution < -0.4 is 16.6 Å². The van der Waals surface area contributed by atoms with E-state index in [-0.39, 0.29) is 5.82 Å². The Morgan fingerprint density at radius 3 is 2.56 bits per heavy atom.